The Bertz CT molecular complexity index is 714. The molecule has 26 heavy (non-hydrogen) atoms. The van der Waals surface area contributed by atoms with Crippen molar-refractivity contribution >= 4 is 5.91 Å². The second-order valence-electron chi connectivity index (χ2n) is 7.18. The van der Waals surface area contributed by atoms with Gasteiger partial charge in [-0.2, -0.15) is 0 Å². The van der Waals surface area contributed by atoms with Crippen molar-refractivity contribution in [2.45, 2.75) is 25.4 Å². The quantitative estimate of drug-likeness (QED) is 0.779. The van der Waals surface area contributed by atoms with E-state index in [2.05, 4.69) is 34.5 Å². The molecule has 4 nitrogen and oxygen atoms in total. The van der Waals surface area contributed by atoms with Gasteiger partial charge in [0.1, 0.15) is 6.04 Å². The fourth-order valence-corrected chi connectivity index (χ4v) is 3.55. The van der Waals surface area contributed by atoms with E-state index in [9.17, 15) is 4.79 Å². The van der Waals surface area contributed by atoms with Crippen LogP contribution in [0.3, 0.4) is 0 Å². The highest BCUT2D eigenvalue weighted by Crippen LogP contribution is 2.19. The Balaban J connectivity index is 1.50. The maximum atomic E-state index is 12.5. The lowest BCUT2D eigenvalue weighted by Gasteiger charge is -2.29. The van der Waals surface area contributed by atoms with Crippen molar-refractivity contribution in [2.75, 3.05) is 33.7 Å². The highest BCUT2D eigenvalue weighted by Gasteiger charge is 2.21. The number of rotatable bonds is 7. The van der Waals surface area contributed by atoms with Crippen LogP contribution in [-0.2, 0) is 17.8 Å². The van der Waals surface area contributed by atoms with Crippen molar-refractivity contribution in [3.8, 4) is 0 Å². The van der Waals surface area contributed by atoms with Gasteiger partial charge in [0.25, 0.3) is 0 Å². The number of hydrogen-bond donors (Lipinski definition) is 1. The summed E-state index contributed by atoms with van der Waals surface area (Å²) in [4.78, 5) is 16.7. The smallest absolute Gasteiger partial charge is 0.243 e. The van der Waals surface area contributed by atoms with Gasteiger partial charge in [-0.25, -0.2) is 0 Å². The number of benzene rings is 2. The number of carbonyl (C=O) groups excluding carboxylic acids is 1. The Morgan fingerprint density at radius 1 is 1.08 bits per heavy atom. The van der Waals surface area contributed by atoms with Crippen LogP contribution in [0.5, 0.6) is 0 Å². The Hall–Kier alpha value is -2.17. The summed E-state index contributed by atoms with van der Waals surface area (Å²) in [7, 11) is 3.62. The van der Waals surface area contributed by atoms with E-state index >= 15 is 0 Å². The van der Waals surface area contributed by atoms with E-state index in [4.69, 9.17) is 0 Å². The molecule has 0 aliphatic carbocycles. The fourth-order valence-electron chi connectivity index (χ4n) is 3.55. The molecule has 0 spiro atoms. The van der Waals surface area contributed by atoms with E-state index in [1.807, 2.05) is 44.4 Å². The Morgan fingerprint density at radius 2 is 1.77 bits per heavy atom. The first kappa shape index (κ1) is 18.6. The summed E-state index contributed by atoms with van der Waals surface area (Å²) >= 11 is 0. The second kappa shape index (κ2) is 8.97. The lowest BCUT2D eigenvalue weighted by molar-refractivity contribution is -0.131. The van der Waals surface area contributed by atoms with Gasteiger partial charge in [-0.1, -0.05) is 54.6 Å². The number of amides is 1. The van der Waals surface area contributed by atoms with Crippen LogP contribution in [-0.4, -0.2) is 49.4 Å². The van der Waals surface area contributed by atoms with Crippen LogP contribution < -0.4 is 5.32 Å². The van der Waals surface area contributed by atoms with Crippen molar-refractivity contribution in [3.05, 3.63) is 71.3 Å². The number of nitrogens with zero attached hydrogens (tertiary/aromatic N) is 2. The molecule has 1 atom stereocenters. The summed E-state index contributed by atoms with van der Waals surface area (Å²) < 4.78 is 0. The molecule has 0 radical (unpaired) electrons. The number of fused-ring (bicyclic) bond motifs is 1. The predicted molar refractivity (Wildman–Crippen MR) is 106 cm³/mol. The summed E-state index contributed by atoms with van der Waals surface area (Å²) in [6.07, 6.45) is 2.17. The standard InChI is InChI=1S/C22H29N3O/c1-24(2)22(26)21(19-10-4-3-5-11-19)23-14-8-15-25-16-13-18-9-6-7-12-20(18)17-25/h3-7,9-12,21,23H,8,13-17H2,1-2H3. The summed E-state index contributed by atoms with van der Waals surface area (Å²) in [5.74, 6) is 0.100. The molecule has 1 unspecified atom stereocenters. The third-order valence-electron chi connectivity index (χ3n) is 5.03. The van der Waals surface area contributed by atoms with Crippen LogP contribution in [0.4, 0.5) is 0 Å². The van der Waals surface area contributed by atoms with Gasteiger partial charge < -0.3 is 10.2 Å². The van der Waals surface area contributed by atoms with E-state index in [0.717, 1.165) is 44.6 Å². The minimum atomic E-state index is -0.270. The summed E-state index contributed by atoms with van der Waals surface area (Å²) in [5, 5.41) is 3.46. The van der Waals surface area contributed by atoms with Gasteiger partial charge in [-0.3, -0.25) is 9.69 Å². The molecule has 0 aromatic heterocycles. The first-order valence-electron chi connectivity index (χ1n) is 9.44. The molecule has 4 heteroatoms. The van der Waals surface area contributed by atoms with Crippen LogP contribution >= 0.6 is 0 Å². The first-order valence-corrected chi connectivity index (χ1v) is 9.44. The molecule has 1 aliphatic rings. The molecule has 138 valence electrons. The molecule has 1 heterocycles. The highest BCUT2D eigenvalue weighted by atomic mass is 16.2. The van der Waals surface area contributed by atoms with Crippen LogP contribution in [0, 0.1) is 0 Å². The average molecular weight is 351 g/mol. The largest absolute Gasteiger partial charge is 0.347 e. The summed E-state index contributed by atoms with van der Waals surface area (Å²) in [5.41, 5.74) is 3.97. The molecular weight excluding hydrogens is 322 g/mol. The number of carbonyl (C=O) groups is 1. The fraction of sp³-hybridized carbons (Fsp3) is 0.409. The van der Waals surface area contributed by atoms with Crippen LogP contribution in [0.1, 0.15) is 29.2 Å². The predicted octanol–water partition coefficient (Wildman–Crippen LogP) is 2.85. The minimum absolute atomic E-state index is 0.100. The molecule has 1 N–H and O–H groups in total. The average Bonchev–Trinajstić information content (AvgIpc) is 2.68. The Labute approximate surface area is 156 Å². The second-order valence-corrected chi connectivity index (χ2v) is 7.18. The van der Waals surface area contributed by atoms with Crippen molar-refractivity contribution in [1.29, 1.82) is 0 Å². The Kier molecular flexibility index (Phi) is 6.42. The van der Waals surface area contributed by atoms with Crippen molar-refractivity contribution in [1.82, 2.24) is 15.1 Å². The van der Waals surface area contributed by atoms with E-state index in [0.29, 0.717) is 0 Å². The number of likely N-dealkylation sites (N-methyl/N-ethyl adjacent to an activating group) is 1. The zero-order chi connectivity index (χ0) is 18.4. The lowest BCUT2D eigenvalue weighted by Crippen LogP contribution is -2.38. The molecule has 0 fully saturated rings. The van der Waals surface area contributed by atoms with Gasteiger partial charge in [-0.15, -0.1) is 0 Å². The zero-order valence-corrected chi connectivity index (χ0v) is 15.8. The third kappa shape index (κ3) is 4.71. The molecule has 1 aliphatic heterocycles. The lowest BCUT2D eigenvalue weighted by atomic mass is 10.00. The SMILES string of the molecule is CN(C)C(=O)C(NCCCN1CCc2ccccc2C1)c1ccccc1. The van der Waals surface area contributed by atoms with Gasteiger partial charge >= 0.3 is 0 Å². The number of nitrogens with one attached hydrogen (secondary N) is 1. The summed E-state index contributed by atoms with van der Waals surface area (Å²) in [6.45, 7) is 4.04. The summed E-state index contributed by atoms with van der Waals surface area (Å²) in [6, 6.07) is 18.4. The van der Waals surface area contributed by atoms with Crippen LogP contribution in [0.2, 0.25) is 0 Å². The molecular formula is C22H29N3O. The number of hydrogen-bond acceptors (Lipinski definition) is 3. The Morgan fingerprint density at radius 3 is 2.50 bits per heavy atom. The van der Waals surface area contributed by atoms with E-state index in [1.54, 1.807) is 4.90 Å². The van der Waals surface area contributed by atoms with Gasteiger partial charge in [0.2, 0.25) is 5.91 Å². The molecule has 2 aromatic carbocycles. The van der Waals surface area contributed by atoms with Crippen LogP contribution in [0.25, 0.3) is 0 Å². The molecule has 0 saturated heterocycles. The monoisotopic (exact) mass is 351 g/mol. The minimum Gasteiger partial charge on any atom is -0.347 e. The molecule has 3 rings (SSSR count). The van der Waals surface area contributed by atoms with Gasteiger partial charge in [0.15, 0.2) is 0 Å². The van der Waals surface area contributed by atoms with E-state index in [1.165, 1.54) is 11.1 Å². The normalized spacial score (nSPS) is 15.3. The van der Waals surface area contributed by atoms with Crippen LogP contribution in [0.15, 0.2) is 54.6 Å². The zero-order valence-electron chi connectivity index (χ0n) is 15.8. The highest BCUT2D eigenvalue weighted by molar-refractivity contribution is 5.82. The topological polar surface area (TPSA) is 35.6 Å². The van der Waals surface area contributed by atoms with Gasteiger partial charge in [-0.05, 0) is 42.6 Å². The first-order chi connectivity index (χ1) is 12.6. The van der Waals surface area contributed by atoms with Crippen molar-refractivity contribution < 1.29 is 4.79 Å². The molecule has 1 amide bonds. The third-order valence-corrected chi connectivity index (χ3v) is 5.03. The molecule has 0 bridgehead atoms. The maximum absolute atomic E-state index is 12.5. The van der Waals surface area contributed by atoms with E-state index in [-0.39, 0.29) is 11.9 Å². The van der Waals surface area contributed by atoms with E-state index < -0.39 is 0 Å². The van der Waals surface area contributed by atoms with Gasteiger partial charge in [0.05, 0.1) is 0 Å². The van der Waals surface area contributed by atoms with Crippen molar-refractivity contribution in [3.63, 3.8) is 0 Å². The molecule has 2 aromatic rings. The molecule has 0 saturated carbocycles. The van der Waals surface area contributed by atoms with Gasteiger partial charge in [0, 0.05) is 27.2 Å². The van der Waals surface area contributed by atoms with Crippen molar-refractivity contribution in [2.24, 2.45) is 0 Å². The maximum Gasteiger partial charge on any atom is 0.243 e.